The molecule has 0 atom stereocenters. The summed E-state index contributed by atoms with van der Waals surface area (Å²) in [6.45, 7) is 1.74. The highest BCUT2D eigenvalue weighted by molar-refractivity contribution is 5.59. The molecule has 0 unspecified atom stereocenters. The zero-order valence-electron chi connectivity index (χ0n) is 12.9. The molecule has 0 spiro atoms. The van der Waals surface area contributed by atoms with Crippen molar-refractivity contribution in [2.24, 2.45) is 0 Å². The lowest BCUT2D eigenvalue weighted by molar-refractivity contribution is 0.186. The van der Waals surface area contributed by atoms with E-state index < -0.39 is 0 Å². The number of aromatic nitrogens is 1. The molecular formula is C18H22N2O2. The summed E-state index contributed by atoms with van der Waals surface area (Å²) in [5, 5.41) is 3.41. The van der Waals surface area contributed by atoms with Gasteiger partial charge in [-0.05, 0) is 24.5 Å². The molecule has 0 radical (unpaired) electrons. The van der Waals surface area contributed by atoms with Crippen LogP contribution in [0.5, 0.6) is 0 Å². The van der Waals surface area contributed by atoms with Gasteiger partial charge in [0.2, 0.25) is 0 Å². The average molecular weight is 298 g/mol. The van der Waals surface area contributed by atoms with Crippen molar-refractivity contribution in [3.63, 3.8) is 0 Å². The van der Waals surface area contributed by atoms with Gasteiger partial charge >= 0.3 is 0 Å². The fourth-order valence-electron chi connectivity index (χ4n) is 2.57. The highest BCUT2D eigenvalue weighted by Gasteiger charge is 2.21. The standard InChI is InChI=1S/C18H22N2O2/c1-22-12-11-20-17(14-5-3-2-4-6-14)10-7-15(18(20)21)13-19-16-8-9-16/h2-7,10,16,19H,8-9,11-13H2,1H3. The summed E-state index contributed by atoms with van der Waals surface area (Å²) in [5.74, 6) is 0. The molecule has 4 heteroatoms. The van der Waals surface area contributed by atoms with E-state index in [4.69, 9.17) is 4.74 Å². The molecule has 1 aliphatic carbocycles. The van der Waals surface area contributed by atoms with Gasteiger partial charge in [-0.2, -0.15) is 0 Å². The van der Waals surface area contributed by atoms with Gasteiger partial charge in [0.15, 0.2) is 0 Å². The SMILES string of the molecule is COCCn1c(-c2ccccc2)ccc(CNC2CC2)c1=O. The fraction of sp³-hybridized carbons (Fsp3) is 0.389. The molecule has 3 rings (SSSR count). The Hall–Kier alpha value is -1.91. The number of hydrogen-bond donors (Lipinski definition) is 1. The number of pyridine rings is 1. The molecule has 0 amide bonds. The molecule has 0 bridgehead atoms. The number of benzene rings is 1. The smallest absolute Gasteiger partial charge is 0.255 e. The summed E-state index contributed by atoms with van der Waals surface area (Å²) in [5.41, 5.74) is 2.89. The molecule has 1 aliphatic rings. The van der Waals surface area contributed by atoms with Gasteiger partial charge in [-0.25, -0.2) is 0 Å². The van der Waals surface area contributed by atoms with Crippen molar-refractivity contribution in [1.82, 2.24) is 9.88 Å². The molecule has 1 saturated carbocycles. The number of nitrogens with zero attached hydrogens (tertiary/aromatic N) is 1. The largest absolute Gasteiger partial charge is 0.383 e. The second kappa shape index (κ2) is 6.90. The van der Waals surface area contributed by atoms with Gasteiger partial charge in [-0.15, -0.1) is 0 Å². The maximum Gasteiger partial charge on any atom is 0.255 e. The minimum Gasteiger partial charge on any atom is -0.383 e. The third-order valence-electron chi connectivity index (χ3n) is 4.00. The number of ether oxygens (including phenoxy) is 1. The number of methoxy groups -OCH3 is 1. The van der Waals surface area contributed by atoms with Crippen molar-refractivity contribution >= 4 is 0 Å². The Morgan fingerprint density at radius 3 is 2.64 bits per heavy atom. The lowest BCUT2D eigenvalue weighted by atomic mass is 10.1. The Kier molecular flexibility index (Phi) is 4.71. The first-order valence-electron chi connectivity index (χ1n) is 7.80. The first kappa shape index (κ1) is 15.0. The van der Waals surface area contributed by atoms with Gasteiger partial charge in [-0.1, -0.05) is 36.4 Å². The quantitative estimate of drug-likeness (QED) is 0.853. The Morgan fingerprint density at radius 1 is 1.18 bits per heavy atom. The topological polar surface area (TPSA) is 43.3 Å². The summed E-state index contributed by atoms with van der Waals surface area (Å²) < 4.78 is 6.99. The van der Waals surface area contributed by atoms with Crippen molar-refractivity contribution in [2.75, 3.05) is 13.7 Å². The van der Waals surface area contributed by atoms with Crippen molar-refractivity contribution in [1.29, 1.82) is 0 Å². The summed E-state index contributed by atoms with van der Waals surface area (Å²) in [6.07, 6.45) is 2.44. The van der Waals surface area contributed by atoms with Crippen LogP contribution in [-0.2, 0) is 17.8 Å². The van der Waals surface area contributed by atoms with Crippen LogP contribution in [-0.4, -0.2) is 24.3 Å². The first-order chi connectivity index (χ1) is 10.8. The van der Waals surface area contributed by atoms with E-state index in [0.717, 1.165) is 16.8 Å². The highest BCUT2D eigenvalue weighted by Crippen LogP contribution is 2.20. The van der Waals surface area contributed by atoms with E-state index in [1.807, 2.05) is 47.0 Å². The molecule has 2 aromatic rings. The lowest BCUT2D eigenvalue weighted by Gasteiger charge is -2.15. The van der Waals surface area contributed by atoms with E-state index in [1.54, 1.807) is 7.11 Å². The van der Waals surface area contributed by atoms with E-state index in [1.165, 1.54) is 12.8 Å². The molecule has 0 saturated heterocycles. The Balaban J connectivity index is 1.94. The van der Waals surface area contributed by atoms with Gasteiger partial charge < -0.3 is 14.6 Å². The summed E-state index contributed by atoms with van der Waals surface area (Å²) in [6, 6.07) is 14.6. The average Bonchev–Trinajstić information content (AvgIpc) is 3.37. The molecule has 1 heterocycles. The monoisotopic (exact) mass is 298 g/mol. The van der Waals surface area contributed by atoms with Crippen LogP contribution in [0.3, 0.4) is 0 Å². The zero-order chi connectivity index (χ0) is 15.4. The molecule has 1 aromatic carbocycles. The van der Waals surface area contributed by atoms with Gasteiger partial charge in [0.1, 0.15) is 0 Å². The van der Waals surface area contributed by atoms with Crippen molar-refractivity contribution < 1.29 is 4.74 Å². The Bertz CT molecular complexity index is 675. The van der Waals surface area contributed by atoms with Crippen LogP contribution in [0.2, 0.25) is 0 Å². The minimum atomic E-state index is 0.0755. The second-order valence-electron chi connectivity index (χ2n) is 5.71. The van der Waals surface area contributed by atoms with E-state index in [9.17, 15) is 4.79 Å². The number of hydrogen-bond acceptors (Lipinski definition) is 3. The Morgan fingerprint density at radius 2 is 1.95 bits per heavy atom. The maximum atomic E-state index is 12.8. The van der Waals surface area contributed by atoms with Crippen LogP contribution in [0.4, 0.5) is 0 Å². The fourth-order valence-corrected chi connectivity index (χ4v) is 2.57. The highest BCUT2D eigenvalue weighted by atomic mass is 16.5. The second-order valence-corrected chi connectivity index (χ2v) is 5.71. The van der Waals surface area contributed by atoms with Gasteiger partial charge in [0.25, 0.3) is 5.56 Å². The summed E-state index contributed by atoms with van der Waals surface area (Å²) >= 11 is 0. The first-order valence-corrected chi connectivity index (χ1v) is 7.80. The van der Waals surface area contributed by atoms with Crippen molar-refractivity contribution in [3.05, 3.63) is 58.4 Å². The summed E-state index contributed by atoms with van der Waals surface area (Å²) in [7, 11) is 1.66. The van der Waals surface area contributed by atoms with Crippen LogP contribution >= 0.6 is 0 Å². The lowest BCUT2D eigenvalue weighted by Crippen LogP contribution is -2.30. The molecule has 4 nitrogen and oxygen atoms in total. The van der Waals surface area contributed by atoms with Gasteiger partial charge in [0, 0.05) is 31.8 Å². The molecule has 22 heavy (non-hydrogen) atoms. The molecule has 116 valence electrons. The van der Waals surface area contributed by atoms with Crippen LogP contribution in [0, 0.1) is 0 Å². The van der Waals surface area contributed by atoms with Crippen molar-refractivity contribution in [2.45, 2.75) is 32.0 Å². The predicted octanol–water partition coefficient (Wildman–Crippen LogP) is 2.41. The van der Waals surface area contributed by atoms with Crippen molar-refractivity contribution in [3.8, 4) is 11.3 Å². The van der Waals surface area contributed by atoms with E-state index in [0.29, 0.717) is 25.7 Å². The molecule has 1 fully saturated rings. The van der Waals surface area contributed by atoms with Crippen LogP contribution < -0.4 is 10.9 Å². The minimum absolute atomic E-state index is 0.0755. The van der Waals surface area contributed by atoms with Gasteiger partial charge in [0.05, 0.1) is 12.3 Å². The molecule has 1 N–H and O–H groups in total. The van der Waals surface area contributed by atoms with Gasteiger partial charge in [-0.3, -0.25) is 4.79 Å². The molecule has 0 aliphatic heterocycles. The maximum absolute atomic E-state index is 12.8. The van der Waals surface area contributed by atoms with E-state index in [-0.39, 0.29) is 5.56 Å². The predicted molar refractivity (Wildman–Crippen MR) is 87.9 cm³/mol. The molecular weight excluding hydrogens is 276 g/mol. The third-order valence-corrected chi connectivity index (χ3v) is 4.00. The van der Waals surface area contributed by atoms with Crippen LogP contribution in [0.1, 0.15) is 18.4 Å². The van der Waals surface area contributed by atoms with Crippen LogP contribution in [0.25, 0.3) is 11.3 Å². The number of rotatable bonds is 7. The van der Waals surface area contributed by atoms with Crippen LogP contribution in [0.15, 0.2) is 47.3 Å². The van der Waals surface area contributed by atoms with E-state index in [2.05, 4.69) is 5.32 Å². The normalized spacial score (nSPS) is 14.2. The zero-order valence-corrected chi connectivity index (χ0v) is 12.9. The summed E-state index contributed by atoms with van der Waals surface area (Å²) in [4.78, 5) is 12.8. The third kappa shape index (κ3) is 3.46. The van der Waals surface area contributed by atoms with E-state index >= 15 is 0 Å². The molecule has 1 aromatic heterocycles. The Labute approximate surface area is 130 Å². The number of nitrogens with one attached hydrogen (secondary N) is 1.